The average Bonchev–Trinajstić information content (AvgIpc) is 3.27. The molecule has 0 unspecified atom stereocenters. The van der Waals surface area contributed by atoms with Crippen LogP contribution in [0.25, 0.3) is 0 Å². The summed E-state index contributed by atoms with van der Waals surface area (Å²) < 4.78 is 65.9. The van der Waals surface area contributed by atoms with Crippen molar-refractivity contribution in [1.29, 1.82) is 0 Å². The van der Waals surface area contributed by atoms with Gasteiger partial charge in [0.1, 0.15) is 61.0 Å². The standard InChI is InChI=1S/C45H76O22/c1-8-16-26-17-14-12-10-9-11-13-15-18-28(48)64-40-37(65-41(56)20(2)21(3)46)30(50)23(5)58-43(40)57-19-27-31(51)33(53)39(66-42-35(55)34(54)36(24(6)60-42)61-25(7)47)45(63-27)67-38-32(52)29(49)22(4)59-44(38)62-26/h20-24,26-27,29-40,42-46,49-55H,8-19H2,1-7H3/t20-,21-,22-,23+,24-,26-,27+,29-,30+,31+,32+,33-,34-,35+,36-,37-,38-,39+,40+,42-,43+,44+,45-/m0/s1. The molecule has 2 bridgehead atoms. The fourth-order valence-corrected chi connectivity index (χ4v) is 8.87. The molecule has 0 aromatic rings. The van der Waals surface area contributed by atoms with Crippen LogP contribution in [0, 0.1) is 5.92 Å². The van der Waals surface area contributed by atoms with E-state index in [0.29, 0.717) is 19.3 Å². The molecular weight excluding hydrogens is 892 g/mol. The second-order valence-corrected chi connectivity index (χ2v) is 18.7. The van der Waals surface area contributed by atoms with Crippen LogP contribution in [0.4, 0.5) is 0 Å². The highest BCUT2D eigenvalue weighted by atomic mass is 16.8. The molecule has 5 rings (SSSR count). The third-order valence-corrected chi connectivity index (χ3v) is 13.2. The number of hydrogen-bond acceptors (Lipinski definition) is 22. The molecule has 67 heavy (non-hydrogen) atoms. The number of fused-ring (bicyclic) bond motifs is 4. The molecular formula is C45H76O22. The van der Waals surface area contributed by atoms with E-state index >= 15 is 0 Å². The number of aliphatic hydroxyl groups excluding tert-OH is 8. The van der Waals surface area contributed by atoms with E-state index in [1.54, 1.807) is 6.92 Å². The van der Waals surface area contributed by atoms with E-state index in [2.05, 4.69) is 0 Å². The fourth-order valence-electron chi connectivity index (χ4n) is 8.87. The van der Waals surface area contributed by atoms with Crippen molar-refractivity contribution in [3.05, 3.63) is 0 Å². The van der Waals surface area contributed by atoms with Crippen molar-refractivity contribution in [2.75, 3.05) is 6.61 Å². The predicted octanol–water partition coefficient (Wildman–Crippen LogP) is -0.259. The first-order valence-corrected chi connectivity index (χ1v) is 23.9. The van der Waals surface area contributed by atoms with Crippen LogP contribution in [0.2, 0.25) is 0 Å². The van der Waals surface area contributed by atoms with Gasteiger partial charge < -0.3 is 93.0 Å². The largest absolute Gasteiger partial charge is 0.457 e. The number of rotatable bonds is 8. The third-order valence-electron chi connectivity index (χ3n) is 13.2. The SMILES string of the molecule is CCC[C@H]1CCCCCCCCCC(=O)O[C@H]2[C@H](OC[C@H]3O[C@@H](O[C@@H]4[C@@H](O1)O[C@@H](C)[C@H](O)[C@H]4O)[C@H](O[C@@H]1O[C@@H](C)[C@H](OC(C)=O)[C@@H](O)[C@H]1O)[C@@H](O)[C@@H]3O)O[C@H](C)[C@@H](O)[C@@H]2OC(=O)[C@@H](C)[C@H](C)O. The summed E-state index contributed by atoms with van der Waals surface area (Å²) >= 11 is 0. The van der Waals surface area contributed by atoms with Gasteiger partial charge in [-0.15, -0.1) is 0 Å². The minimum Gasteiger partial charge on any atom is -0.457 e. The van der Waals surface area contributed by atoms with Gasteiger partial charge in [0, 0.05) is 13.3 Å². The van der Waals surface area contributed by atoms with E-state index in [1.807, 2.05) is 6.92 Å². The minimum atomic E-state index is -1.98. The first-order chi connectivity index (χ1) is 31.7. The second kappa shape index (κ2) is 25.8. The zero-order valence-corrected chi connectivity index (χ0v) is 39.6. The summed E-state index contributed by atoms with van der Waals surface area (Å²) in [7, 11) is 0. The highest BCUT2D eigenvalue weighted by molar-refractivity contribution is 5.73. The smallest absolute Gasteiger partial charge is 0.311 e. The van der Waals surface area contributed by atoms with Crippen molar-refractivity contribution >= 4 is 17.9 Å². The number of hydrogen-bond donors (Lipinski definition) is 8. The molecule has 5 aliphatic rings. The Bertz CT molecular complexity index is 1540. The number of esters is 3. The van der Waals surface area contributed by atoms with Crippen LogP contribution >= 0.6 is 0 Å². The summed E-state index contributed by atoms with van der Waals surface area (Å²) in [6.07, 6.45) is -25.0. The molecule has 0 aromatic carbocycles. The Morgan fingerprint density at radius 3 is 1.93 bits per heavy atom. The highest BCUT2D eigenvalue weighted by Crippen LogP contribution is 2.36. The van der Waals surface area contributed by atoms with Gasteiger partial charge in [-0.1, -0.05) is 51.9 Å². The van der Waals surface area contributed by atoms with E-state index in [9.17, 15) is 55.2 Å². The maximum absolute atomic E-state index is 13.4. The Kier molecular flexibility index (Phi) is 21.4. The molecule has 5 fully saturated rings. The first-order valence-electron chi connectivity index (χ1n) is 23.9. The summed E-state index contributed by atoms with van der Waals surface area (Å²) in [6, 6.07) is 0. The highest BCUT2D eigenvalue weighted by Gasteiger charge is 2.56. The van der Waals surface area contributed by atoms with Crippen LogP contribution in [0.15, 0.2) is 0 Å². The van der Waals surface area contributed by atoms with Crippen LogP contribution in [0.3, 0.4) is 0 Å². The molecule has 0 aliphatic carbocycles. The van der Waals surface area contributed by atoms with Gasteiger partial charge in [0.25, 0.3) is 0 Å². The van der Waals surface area contributed by atoms with Crippen molar-refractivity contribution < 1.29 is 107 Å². The zero-order chi connectivity index (χ0) is 49.3. The zero-order valence-electron chi connectivity index (χ0n) is 39.6. The molecule has 22 heteroatoms. The Labute approximate surface area is 391 Å². The predicted molar refractivity (Wildman–Crippen MR) is 227 cm³/mol. The van der Waals surface area contributed by atoms with Crippen LogP contribution < -0.4 is 0 Å². The summed E-state index contributed by atoms with van der Waals surface area (Å²) in [5.41, 5.74) is 0. The molecule has 5 heterocycles. The lowest BCUT2D eigenvalue weighted by Crippen LogP contribution is -2.67. The van der Waals surface area contributed by atoms with Crippen molar-refractivity contribution in [3.63, 3.8) is 0 Å². The van der Waals surface area contributed by atoms with Crippen LogP contribution in [0.5, 0.6) is 0 Å². The van der Waals surface area contributed by atoms with Crippen LogP contribution in [-0.4, -0.2) is 200 Å². The lowest BCUT2D eigenvalue weighted by molar-refractivity contribution is -0.396. The Morgan fingerprint density at radius 2 is 1.27 bits per heavy atom. The van der Waals surface area contributed by atoms with Crippen molar-refractivity contribution in [3.8, 4) is 0 Å². The average molecular weight is 969 g/mol. The second-order valence-electron chi connectivity index (χ2n) is 18.7. The van der Waals surface area contributed by atoms with Crippen LogP contribution in [-0.2, 0) is 66.5 Å². The fraction of sp³-hybridized carbons (Fsp3) is 0.933. The topological polar surface area (TPSA) is 315 Å². The molecule has 5 saturated heterocycles. The van der Waals surface area contributed by atoms with Gasteiger partial charge in [-0.3, -0.25) is 14.4 Å². The Morgan fingerprint density at radius 1 is 0.642 bits per heavy atom. The molecule has 0 amide bonds. The lowest BCUT2D eigenvalue weighted by Gasteiger charge is -2.49. The maximum atomic E-state index is 13.4. The summed E-state index contributed by atoms with van der Waals surface area (Å²) in [5, 5.41) is 89.7. The van der Waals surface area contributed by atoms with E-state index in [0.717, 1.165) is 51.9 Å². The molecule has 0 saturated carbocycles. The molecule has 0 radical (unpaired) electrons. The van der Waals surface area contributed by atoms with Crippen molar-refractivity contribution in [2.45, 2.75) is 254 Å². The van der Waals surface area contributed by atoms with Gasteiger partial charge in [0.05, 0.1) is 43.0 Å². The molecule has 388 valence electrons. The summed E-state index contributed by atoms with van der Waals surface area (Å²) in [4.78, 5) is 38.3. The van der Waals surface area contributed by atoms with Crippen LogP contribution in [0.1, 0.15) is 119 Å². The molecule has 5 aliphatic heterocycles. The van der Waals surface area contributed by atoms with Gasteiger partial charge >= 0.3 is 17.9 Å². The van der Waals surface area contributed by atoms with Gasteiger partial charge in [0.2, 0.25) is 0 Å². The monoisotopic (exact) mass is 968 g/mol. The third kappa shape index (κ3) is 14.4. The molecule has 0 spiro atoms. The van der Waals surface area contributed by atoms with E-state index in [1.165, 1.54) is 27.7 Å². The van der Waals surface area contributed by atoms with Gasteiger partial charge in [-0.25, -0.2) is 0 Å². The Hall–Kier alpha value is -2.23. The number of ether oxygens (including phenoxy) is 11. The van der Waals surface area contributed by atoms with Crippen molar-refractivity contribution in [1.82, 2.24) is 0 Å². The van der Waals surface area contributed by atoms with Crippen molar-refractivity contribution in [2.24, 2.45) is 5.92 Å². The maximum Gasteiger partial charge on any atom is 0.311 e. The number of carbonyl (C=O) groups is 3. The van der Waals surface area contributed by atoms with Gasteiger partial charge in [0.15, 0.2) is 43.5 Å². The van der Waals surface area contributed by atoms with E-state index in [-0.39, 0.29) is 12.5 Å². The summed E-state index contributed by atoms with van der Waals surface area (Å²) in [6.45, 7) is 9.71. The quantitative estimate of drug-likeness (QED) is 0.115. The first kappa shape index (κ1) is 55.7. The molecule has 0 aromatic heterocycles. The minimum absolute atomic E-state index is 0.0180. The normalized spacial score (nSPS) is 44.4. The van der Waals surface area contributed by atoms with Gasteiger partial charge in [-0.05, 0) is 53.9 Å². The number of carbonyl (C=O) groups excluding carboxylic acids is 3. The summed E-state index contributed by atoms with van der Waals surface area (Å²) in [5.74, 6) is -3.39. The number of aliphatic hydroxyl groups is 8. The van der Waals surface area contributed by atoms with E-state index in [4.69, 9.17) is 52.1 Å². The molecule has 8 N–H and O–H groups in total. The van der Waals surface area contributed by atoms with Gasteiger partial charge in [-0.2, -0.15) is 0 Å². The Balaban J connectivity index is 1.50. The van der Waals surface area contributed by atoms with E-state index < -0.39 is 159 Å². The molecule has 22 nitrogen and oxygen atoms in total. The lowest BCUT2D eigenvalue weighted by atomic mass is 9.96. The molecule has 23 atom stereocenters.